The van der Waals surface area contributed by atoms with E-state index in [1.807, 2.05) is 43.1 Å². The highest BCUT2D eigenvalue weighted by atomic mass is 16.2. The van der Waals surface area contributed by atoms with E-state index in [1.54, 1.807) is 0 Å². The molecule has 2 amide bonds. The van der Waals surface area contributed by atoms with Crippen LogP contribution in [0.25, 0.3) is 10.9 Å². The quantitative estimate of drug-likeness (QED) is 0.865. The lowest BCUT2D eigenvalue weighted by Gasteiger charge is -2.27. The summed E-state index contributed by atoms with van der Waals surface area (Å²) >= 11 is 0. The van der Waals surface area contributed by atoms with E-state index in [0.717, 1.165) is 42.4 Å². The fraction of sp³-hybridized carbons (Fsp3) is 0.524. The van der Waals surface area contributed by atoms with Gasteiger partial charge in [-0.25, -0.2) is 0 Å². The van der Waals surface area contributed by atoms with E-state index in [4.69, 9.17) is 0 Å². The number of H-pyrrole nitrogens is 1. The number of hydrogen-bond donors (Lipinski definition) is 2. The lowest BCUT2D eigenvalue weighted by atomic mass is 10.0. The Morgan fingerprint density at radius 3 is 2.50 bits per heavy atom. The Bertz CT molecular complexity index is 757. The van der Waals surface area contributed by atoms with E-state index in [1.165, 1.54) is 12.8 Å². The molecule has 1 aliphatic rings. The Kier molecular flexibility index (Phi) is 5.96. The Labute approximate surface area is 155 Å². The van der Waals surface area contributed by atoms with Crippen LogP contribution in [0, 0.1) is 5.92 Å². The van der Waals surface area contributed by atoms with Gasteiger partial charge < -0.3 is 15.2 Å². The normalized spacial score (nSPS) is 16.5. The maximum atomic E-state index is 13.2. The predicted molar refractivity (Wildman–Crippen MR) is 104 cm³/mol. The molecule has 1 aliphatic heterocycles. The summed E-state index contributed by atoms with van der Waals surface area (Å²) in [7, 11) is 0. The molecular weight excluding hydrogens is 326 g/mol. The third kappa shape index (κ3) is 4.26. The van der Waals surface area contributed by atoms with Crippen molar-refractivity contribution in [3.63, 3.8) is 0 Å². The van der Waals surface area contributed by atoms with E-state index >= 15 is 0 Å². The average molecular weight is 355 g/mol. The maximum Gasteiger partial charge on any atom is 0.245 e. The zero-order valence-electron chi connectivity index (χ0n) is 15.8. The van der Waals surface area contributed by atoms with Crippen LogP contribution in [0.2, 0.25) is 0 Å². The number of fused-ring (bicyclic) bond motifs is 1. The fourth-order valence-electron chi connectivity index (χ4n) is 3.57. The molecule has 1 saturated heterocycles. The second kappa shape index (κ2) is 8.39. The highest BCUT2D eigenvalue weighted by molar-refractivity contribution is 5.90. The summed E-state index contributed by atoms with van der Waals surface area (Å²) in [5.74, 6) is -0.165. The fourth-order valence-corrected chi connectivity index (χ4v) is 3.57. The molecule has 5 nitrogen and oxygen atoms in total. The topological polar surface area (TPSA) is 65.2 Å². The van der Waals surface area contributed by atoms with Crippen molar-refractivity contribution in [3.8, 4) is 0 Å². The summed E-state index contributed by atoms with van der Waals surface area (Å²) in [5.41, 5.74) is 2.12. The molecule has 0 saturated carbocycles. The summed E-state index contributed by atoms with van der Waals surface area (Å²) in [5, 5.41) is 4.10. The lowest BCUT2D eigenvalue weighted by molar-refractivity contribution is -0.137. The molecule has 1 unspecified atom stereocenters. The van der Waals surface area contributed by atoms with Gasteiger partial charge in [0.15, 0.2) is 0 Å². The van der Waals surface area contributed by atoms with Crippen LogP contribution in [-0.4, -0.2) is 40.8 Å². The molecular formula is C21H29N3O2. The molecule has 2 aromatic rings. The van der Waals surface area contributed by atoms with Gasteiger partial charge in [-0.15, -0.1) is 0 Å². The summed E-state index contributed by atoms with van der Waals surface area (Å²) in [6.45, 7) is 5.30. The van der Waals surface area contributed by atoms with Crippen LogP contribution in [0.3, 0.4) is 0 Å². The van der Waals surface area contributed by atoms with Crippen molar-refractivity contribution in [1.82, 2.24) is 15.2 Å². The van der Waals surface area contributed by atoms with E-state index in [-0.39, 0.29) is 17.7 Å². The molecule has 26 heavy (non-hydrogen) atoms. The second-order valence-electron chi connectivity index (χ2n) is 7.52. The smallest absolute Gasteiger partial charge is 0.245 e. The number of nitrogens with zero attached hydrogens (tertiary/aromatic N) is 1. The van der Waals surface area contributed by atoms with Gasteiger partial charge in [-0.3, -0.25) is 9.59 Å². The van der Waals surface area contributed by atoms with E-state index < -0.39 is 6.04 Å². The van der Waals surface area contributed by atoms with Gasteiger partial charge in [0.2, 0.25) is 11.8 Å². The van der Waals surface area contributed by atoms with Crippen LogP contribution in [0.4, 0.5) is 0 Å². The number of aromatic amines is 1. The third-order valence-electron chi connectivity index (χ3n) is 5.16. The van der Waals surface area contributed by atoms with Gasteiger partial charge in [0.05, 0.1) is 0 Å². The number of amides is 2. The zero-order valence-corrected chi connectivity index (χ0v) is 15.8. The number of carbonyl (C=O) groups excluding carboxylic acids is 2. The molecule has 1 fully saturated rings. The molecule has 1 aromatic carbocycles. The molecule has 3 rings (SSSR count). The molecule has 1 atom stereocenters. The summed E-state index contributed by atoms with van der Waals surface area (Å²) in [6.07, 6.45) is 6.91. The number of nitrogens with one attached hydrogen (secondary N) is 2. The van der Waals surface area contributed by atoms with Crippen molar-refractivity contribution in [2.24, 2.45) is 5.92 Å². The molecule has 0 aliphatic carbocycles. The van der Waals surface area contributed by atoms with E-state index in [9.17, 15) is 9.59 Å². The Balaban J connectivity index is 1.82. The Morgan fingerprint density at radius 1 is 1.12 bits per heavy atom. The van der Waals surface area contributed by atoms with Crippen molar-refractivity contribution in [2.75, 3.05) is 13.1 Å². The standard InChI is InChI=1S/C21H29N3O2/c1-15(2)20(25)23-19(21(26)24-11-7-3-4-8-12-24)13-16-14-22-18-10-6-5-9-17(16)18/h5-6,9-10,14-15,19,22H,3-4,7-8,11-13H2,1-2H3,(H,23,25). The van der Waals surface area contributed by atoms with E-state index in [2.05, 4.69) is 16.4 Å². The minimum atomic E-state index is -0.512. The third-order valence-corrected chi connectivity index (χ3v) is 5.16. The first-order valence-electron chi connectivity index (χ1n) is 9.70. The Hall–Kier alpha value is -2.30. The molecule has 0 spiro atoms. The predicted octanol–water partition coefficient (Wildman–Crippen LogP) is 3.25. The van der Waals surface area contributed by atoms with Gasteiger partial charge in [0.1, 0.15) is 6.04 Å². The van der Waals surface area contributed by atoms with Crippen LogP contribution < -0.4 is 5.32 Å². The zero-order chi connectivity index (χ0) is 18.5. The summed E-state index contributed by atoms with van der Waals surface area (Å²) in [6, 6.07) is 7.55. The van der Waals surface area contributed by atoms with Gasteiger partial charge in [0.25, 0.3) is 0 Å². The first kappa shape index (κ1) is 18.5. The van der Waals surface area contributed by atoms with Crippen LogP contribution in [-0.2, 0) is 16.0 Å². The number of likely N-dealkylation sites (tertiary alicyclic amines) is 1. The molecule has 0 bridgehead atoms. The number of aromatic nitrogens is 1. The number of para-hydroxylation sites is 1. The SMILES string of the molecule is CC(C)C(=O)NC(Cc1c[nH]c2ccccc12)C(=O)N1CCCCCC1. The van der Waals surface area contributed by atoms with Crippen LogP contribution >= 0.6 is 0 Å². The second-order valence-corrected chi connectivity index (χ2v) is 7.52. The van der Waals surface area contributed by atoms with Crippen LogP contribution in [0.15, 0.2) is 30.5 Å². The average Bonchev–Trinajstić information content (AvgIpc) is 2.85. The molecule has 1 aromatic heterocycles. The van der Waals surface area contributed by atoms with Crippen molar-refractivity contribution in [1.29, 1.82) is 0 Å². The number of hydrogen-bond acceptors (Lipinski definition) is 2. The molecule has 5 heteroatoms. The lowest BCUT2D eigenvalue weighted by Crippen LogP contribution is -2.50. The molecule has 0 radical (unpaired) electrons. The molecule has 140 valence electrons. The van der Waals surface area contributed by atoms with Gasteiger partial charge in [-0.1, -0.05) is 44.9 Å². The first-order chi connectivity index (χ1) is 12.6. The number of rotatable bonds is 5. The van der Waals surface area contributed by atoms with Crippen LogP contribution in [0.1, 0.15) is 45.1 Å². The van der Waals surface area contributed by atoms with Crippen molar-refractivity contribution in [2.45, 2.75) is 52.0 Å². The highest BCUT2D eigenvalue weighted by Gasteiger charge is 2.28. The summed E-state index contributed by atoms with van der Waals surface area (Å²) in [4.78, 5) is 30.7. The Morgan fingerprint density at radius 2 is 1.81 bits per heavy atom. The highest BCUT2D eigenvalue weighted by Crippen LogP contribution is 2.20. The number of carbonyl (C=O) groups is 2. The van der Waals surface area contributed by atoms with Gasteiger partial charge in [0, 0.05) is 42.5 Å². The minimum Gasteiger partial charge on any atom is -0.361 e. The largest absolute Gasteiger partial charge is 0.361 e. The number of benzene rings is 1. The molecule has 2 heterocycles. The van der Waals surface area contributed by atoms with Crippen LogP contribution in [0.5, 0.6) is 0 Å². The van der Waals surface area contributed by atoms with Gasteiger partial charge in [-0.2, -0.15) is 0 Å². The van der Waals surface area contributed by atoms with E-state index in [0.29, 0.717) is 6.42 Å². The monoisotopic (exact) mass is 355 g/mol. The first-order valence-corrected chi connectivity index (χ1v) is 9.70. The minimum absolute atomic E-state index is 0.0474. The summed E-state index contributed by atoms with van der Waals surface area (Å²) < 4.78 is 0. The van der Waals surface area contributed by atoms with Crippen molar-refractivity contribution >= 4 is 22.7 Å². The van der Waals surface area contributed by atoms with Gasteiger partial charge in [-0.05, 0) is 24.5 Å². The van der Waals surface area contributed by atoms with Crippen molar-refractivity contribution < 1.29 is 9.59 Å². The van der Waals surface area contributed by atoms with Crippen molar-refractivity contribution in [3.05, 3.63) is 36.0 Å². The van der Waals surface area contributed by atoms with Gasteiger partial charge >= 0.3 is 0 Å². The molecule has 2 N–H and O–H groups in total. The maximum absolute atomic E-state index is 13.2.